The first-order valence-corrected chi connectivity index (χ1v) is 8.16. The third-order valence-corrected chi connectivity index (χ3v) is 4.40. The minimum absolute atomic E-state index is 0.0409. The molecule has 7 heteroatoms. The number of carbonyl (C=O) groups is 2. The van der Waals surface area contributed by atoms with Gasteiger partial charge in [0, 0.05) is 24.1 Å². The second-order valence-electron chi connectivity index (χ2n) is 5.95. The quantitative estimate of drug-likeness (QED) is 0.530. The van der Waals surface area contributed by atoms with E-state index >= 15 is 0 Å². The summed E-state index contributed by atoms with van der Waals surface area (Å²) in [6.07, 6.45) is 1.87. The van der Waals surface area contributed by atoms with E-state index in [1.54, 1.807) is 13.2 Å². The third kappa shape index (κ3) is 2.77. The summed E-state index contributed by atoms with van der Waals surface area (Å²) >= 11 is 0. The maximum Gasteiger partial charge on any atom is 0.298 e. The van der Waals surface area contributed by atoms with Crippen LogP contribution < -0.4 is 4.74 Å². The van der Waals surface area contributed by atoms with Gasteiger partial charge in [0.2, 0.25) is 0 Å². The normalized spacial score (nSPS) is 13.3. The number of rotatable bonds is 4. The highest BCUT2D eigenvalue weighted by Crippen LogP contribution is 2.31. The van der Waals surface area contributed by atoms with Gasteiger partial charge in [0.05, 0.1) is 19.9 Å². The van der Waals surface area contributed by atoms with Crippen LogP contribution >= 0.6 is 0 Å². The van der Waals surface area contributed by atoms with Crippen molar-refractivity contribution < 1.29 is 23.3 Å². The largest absolute Gasteiger partial charge is 0.497 e. The van der Waals surface area contributed by atoms with Crippen LogP contribution in [0.4, 0.5) is 0 Å². The molecule has 0 spiro atoms. The highest BCUT2D eigenvalue weighted by molar-refractivity contribution is 6.41. The van der Waals surface area contributed by atoms with Crippen molar-refractivity contribution in [1.29, 1.82) is 0 Å². The van der Waals surface area contributed by atoms with Crippen LogP contribution in [-0.4, -0.2) is 35.4 Å². The zero-order chi connectivity index (χ0) is 18.1. The number of nitrogens with zero attached hydrogens (tertiary/aromatic N) is 2. The Balaban J connectivity index is 1.61. The molecule has 0 aliphatic carbocycles. The molecule has 0 atom stereocenters. The zero-order valence-corrected chi connectivity index (χ0v) is 14.1. The number of ketones is 1. The molecule has 0 saturated carbocycles. The highest BCUT2D eigenvalue weighted by Gasteiger charge is 2.31. The lowest BCUT2D eigenvalue weighted by molar-refractivity contribution is -0.127. The van der Waals surface area contributed by atoms with Gasteiger partial charge in [-0.05, 0) is 24.3 Å². The number of aromatic nitrogens is 1. The first kappa shape index (κ1) is 16.1. The smallest absolute Gasteiger partial charge is 0.298 e. The van der Waals surface area contributed by atoms with Crippen LogP contribution in [0.15, 0.2) is 51.6 Å². The number of furan rings is 1. The van der Waals surface area contributed by atoms with E-state index in [-0.39, 0.29) is 12.3 Å². The van der Waals surface area contributed by atoms with Crippen molar-refractivity contribution in [2.24, 2.45) is 0 Å². The number of benzene rings is 1. The van der Waals surface area contributed by atoms with Crippen LogP contribution in [0.3, 0.4) is 0 Å². The molecule has 0 fully saturated rings. The molecule has 0 bridgehead atoms. The van der Waals surface area contributed by atoms with Gasteiger partial charge in [-0.2, -0.15) is 0 Å². The lowest BCUT2D eigenvalue weighted by atomic mass is 10.0. The Labute approximate surface area is 149 Å². The zero-order valence-electron chi connectivity index (χ0n) is 14.1. The van der Waals surface area contributed by atoms with Crippen LogP contribution in [0.1, 0.15) is 21.9 Å². The lowest BCUT2D eigenvalue weighted by Gasteiger charge is -2.25. The summed E-state index contributed by atoms with van der Waals surface area (Å²) in [5.41, 5.74) is 2.30. The molecule has 4 rings (SSSR count). The SMILES string of the molecule is COc1cccc(-c2noc3c2CN(C(=O)C(=O)c2ccco2)CC3)c1. The van der Waals surface area contributed by atoms with E-state index < -0.39 is 11.7 Å². The van der Waals surface area contributed by atoms with Gasteiger partial charge in [-0.25, -0.2) is 0 Å². The molecule has 1 aliphatic rings. The van der Waals surface area contributed by atoms with Crippen molar-refractivity contribution in [2.75, 3.05) is 13.7 Å². The van der Waals surface area contributed by atoms with Crippen molar-refractivity contribution in [1.82, 2.24) is 10.1 Å². The first-order valence-electron chi connectivity index (χ1n) is 8.16. The molecule has 26 heavy (non-hydrogen) atoms. The van der Waals surface area contributed by atoms with E-state index in [1.807, 2.05) is 24.3 Å². The van der Waals surface area contributed by atoms with Crippen molar-refractivity contribution in [3.8, 4) is 17.0 Å². The van der Waals surface area contributed by atoms with E-state index in [2.05, 4.69) is 5.16 Å². The summed E-state index contributed by atoms with van der Waals surface area (Å²) in [6.45, 7) is 0.654. The second-order valence-corrected chi connectivity index (χ2v) is 5.95. The van der Waals surface area contributed by atoms with Gasteiger partial charge in [0.25, 0.3) is 11.7 Å². The molecular formula is C19H16N2O5. The number of carbonyl (C=O) groups excluding carboxylic acids is 2. The number of methoxy groups -OCH3 is 1. The molecule has 0 saturated heterocycles. The van der Waals surface area contributed by atoms with E-state index in [4.69, 9.17) is 13.7 Å². The molecule has 3 aromatic rings. The minimum atomic E-state index is -0.655. The average Bonchev–Trinajstić information content (AvgIpc) is 3.36. The molecular weight excluding hydrogens is 336 g/mol. The Bertz CT molecular complexity index is 958. The summed E-state index contributed by atoms with van der Waals surface area (Å²) < 4.78 is 15.7. The Hall–Kier alpha value is -3.35. The van der Waals surface area contributed by atoms with Crippen molar-refractivity contribution in [2.45, 2.75) is 13.0 Å². The fourth-order valence-electron chi connectivity index (χ4n) is 3.04. The minimum Gasteiger partial charge on any atom is -0.497 e. The number of hydrogen-bond donors (Lipinski definition) is 0. The standard InChI is InChI=1S/C19H16N2O5/c1-24-13-5-2-4-12(10-13)17-14-11-21(8-7-15(14)26-20-17)19(23)18(22)16-6-3-9-25-16/h2-6,9-10H,7-8,11H2,1H3. The molecule has 1 amide bonds. The Morgan fingerprint density at radius 2 is 2.12 bits per heavy atom. The predicted molar refractivity (Wildman–Crippen MR) is 90.7 cm³/mol. The second kappa shape index (κ2) is 6.51. The summed E-state index contributed by atoms with van der Waals surface area (Å²) in [5.74, 6) is 0.230. The number of hydrogen-bond acceptors (Lipinski definition) is 6. The van der Waals surface area contributed by atoms with Gasteiger partial charge in [-0.1, -0.05) is 17.3 Å². The summed E-state index contributed by atoms with van der Waals surface area (Å²) in [7, 11) is 1.60. The number of Topliss-reactive ketones (excluding diaryl/α,β-unsaturated/α-hetero) is 1. The van der Waals surface area contributed by atoms with Crippen LogP contribution in [0.25, 0.3) is 11.3 Å². The average molecular weight is 352 g/mol. The Morgan fingerprint density at radius 3 is 2.88 bits per heavy atom. The number of fused-ring (bicyclic) bond motifs is 1. The first-order chi connectivity index (χ1) is 12.7. The highest BCUT2D eigenvalue weighted by atomic mass is 16.5. The Morgan fingerprint density at radius 1 is 1.23 bits per heavy atom. The third-order valence-electron chi connectivity index (χ3n) is 4.40. The van der Waals surface area contributed by atoms with Crippen LogP contribution in [-0.2, 0) is 17.8 Å². The molecule has 1 aliphatic heterocycles. The fraction of sp³-hybridized carbons (Fsp3) is 0.211. The Kier molecular flexibility index (Phi) is 4.04. The predicted octanol–water partition coefficient (Wildman–Crippen LogP) is 2.71. The van der Waals surface area contributed by atoms with Crippen LogP contribution in [0, 0.1) is 0 Å². The van der Waals surface area contributed by atoms with Gasteiger partial charge in [0.1, 0.15) is 17.2 Å². The van der Waals surface area contributed by atoms with Crippen molar-refractivity contribution in [3.63, 3.8) is 0 Å². The van der Waals surface area contributed by atoms with Gasteiger partial charge in [-0.3, -0.25) is 9.59 Å². The molecule has 0 radical (unpaired) electrons. The van der Waals surface area contributed by atoms with Gasteiger partial charge < -0.3 is 18.6 Å². The maximum atomic E-state index is 12.5. The molecule has 132 valence electrons. The van der Waals surface area contributed by atoms with E-state index in [0.717, 1.165) is 16.9 Å². The monoisotopic (exact) mass is 352 g/mol. The summed E-state index contributed by atoms with van der Waals surface area (Å²) in [4.78, 5) is 26.3. The van der Waals surface area contributed by atoms with Crippen LogP contribution in [0.5, 0.6) is 5.75 Å². The molecule has 2 aromatic heterocycles. The van der Waals surface area contributed by atoms with Gasteiger partial charge in [0.15, 0.2) is 5.76 Å². The van der Waals surface area contributed by atoms with Crippen molar-refractivity contribution >= 4 is 11.7 Å². The summed E-state index contributed by atoms with van der Waals surface area (Å²) in [5, 5.41) is 4.16. The lowest BCUT2D eigenvalue weighted by Crippen LogP contribution is -2.39. The molecule has 3 heterocycles. The van der Waals surface area contributed by atoms with E-state index in [9.17, 15) is 9.59 Å². The van der Waals surface area contributed by atoms with Gasteiger partial charge in [-0.15, -0.1) is 0 Å². The van der Waals surface area contributed by atoms with Gasteiger partial charge >= 0.3 is 0 Å². The molecule has 0 unspecified atom stereocenters. The van der Waals surface area contributed by atoms with Crippen LogP contribution in [0.2, 0.25) is 0 Å². The molecule has 7 nitrogen and oxygen atoms in total. The number of ether oxygens (including phenoxy) is 1. The van der Waals surface area contributed by atoms with Crippen molar-refractivity contribution in [3.05, 3.63) is 59.7 Å². The van der Waals surface area contributed by atoms with E-state index in [0.29, 0.717) is 24.4 Å². The fourth-order valence-corrected chi connectivity index (χ4v) is 3.04. The number of amides is 1. The van der Waals surface area contributed by atoms with E-state index in [1.165, 1.54) is 17.2 Å². The molecule has 0 N–H and O–H groups in total. The molecule has 1 aromatic carbocycles. The summed E-state index contributed by atoms with van der Waals surface area (Å²) in [6, 6.07) is 10.5. The maximum absolute atomic E-state index is 12.5. The topological polar surface area (TPSA) is 85.8 Å².